The molecule has 0 aromatic heterocycles. The van der Waals surface area contributed by atoms with Crippen molar-refractivity contribution in [2.24, 2.45) is 5.92 Å². The Hall–Kier alpha value is -0.560. The van der Waals surface area contributed by atoms with Gasteiger partial charge in [-0.2, -0.15) is 0 Å². The molecule has 2 rings (SSSR count). The van der Waals surface area contributed by atoms with E-state index in [0.717, 1.165) is 12.0 Å². The van der Waals surface area contributed by atoms with E-state index in [1.54, 1.807) is 13.0 Å². The van der Waals surface area contributed by atoms with E-state index in [4.69, 9.17) is 11.6 Å². The van der Waals surface area contributed by atoms with Gasteiger partial charge in [0.1, 0.15) is 5.82 Å². The molecule has 14 heavy (non-hydrogen) atoms. The smallest absolute Gasteiger partial charge is 0.126 e. The van der Waals surface area contributed by atoms with Crippen LogP contribution in [0.3, 0.4) is 0 Å². The summed E-state index contributed by atoms with van der Waals surface area (Å²) in [7, 11) is 0. The summed E-state index contributed by atoms with van der Waals surface area (Å²) in [6.07, 6.45) is 1.08. The molecule has 0 saturated heterocycles. The van der Waals surface area contributed by atoms with E-state index < -0.39 is 0 Å². The Morgan fingerprint density at radius 1 is 1.57 bits per heavy atom. The number of alkyl halides is 1. The van der Waals surface area contributed by atoms with Crippen LogP contribution in [0.25, 0.3) is 0 Å². The Labute approximate surface area is 89.1 Å². The van der Waals surface area contributed by atoms with Crippen LogP contribution in [-0.4, -0.2) is 5.88 Å². The van der Waals surface area contributed by atoms with Crippen LogP contribution < -0.4 is 0 Å². The lowest BCUT2D eigenvalue weighted by Gasteiger charge is -2.11. The SMILES string of the molecule is Cc1ccc(C2(C)CC2CCl)cc1F. The first kappa shape index (κ1) is 9.97. The van der Waals surface area contributed by atoms with Crippen LogP contribution in [0.4, 0.5) is 4.39 Å². The Morgan fingerprint density at radius 3 is 2.79 bits per heavy atom. The van der Waals surface area contributed by atoms with Crippen molar-refractivity contribution in [3.8, 4) is 0 Å². The van der Waals surface area contributed by atoms with E-state index in [-0.39, 0.29) is 11.2 Å². The van der Waals surface area contributed by atoms with Gasteiger partial charge >= 0.3 is 0 Å². The summed E-state index contributed by atoms with van der Waals surface area (Å²) >= 11 is 5.81. The van der Waals surface area contributed by atoms with Gasteiger partial charge < -0.3 is 0 Å². The summed E-state index contributed by atoms with van der Waals surface area (Å²) in [5, 5.41) is 0. The Balaban J connectivity index is 2.31. The van der Waals surface area contributed by atoms with E-state index >= 15 is 0 Å². The van der Waals surface area contributed by atoms with Crippen molar-refractivity contribution in [3.05, 3.63) is 35.1 Å². The third-order valence-electron chi connectivity index (χ3n) is 3.43. The van der Waals surface area contributed by atoms with E-state index in [0.29, 0.717) is 17.4 Å². The fraction of sp³-hybridized carbons (Fsp3) is 0.500. The molecule has 0 aliphatic heterocycles. The fourth-order valence-electron chi connectivity index (χ4n) is 1.98. The van der Waals surface area contributed by atoms with Crippen LogP contribution in [-0.2, 0) is 5.41 Å². The van der Waals surface area contributed by atoms with Gasteiger partial charge in [0.2, 0.25) is 0 Å². The molecule has 0 heterocycles. The summed E-state index contributed by atoms with van der Waals surface area (Å²) < 4.78 is 13.3. The van der Waals surface area contributed by atoms with Crippen molar-refractivity contribution < 1.29 is 4.39 Å². The molecule has 0 radical (unpaired) electrons. The van der Waals surface area contributed by atoms with Gasteiger partial charge in [-0.25, -0.2) is 4.39 Å². The molecule has 0 amide bonds. The van der Waals surface area contributed by atoms with Crippen molar-refractivity contribution in [2.45, 2.75) is 25.7 Å². The largest absolute Gasteiger partial charge is 0.207 e. The second kappa shape index (κ2) is 3.23. The maximum atomic E-state index is 13.3. The third-order valence-corrected chi connectivity index (χ3v) is 3.80. The first-order valence-corrected chi connectivity index (χ1v) is 5.44. The average molecular weight is 213 g/mol. The number of aryl methyl sites for hydroxylation is 1. The number of hydrogen-bond donors (Lipinski definition) is 0. The minimum atomic E-state index is -0.107. The number of rotatable bonds is 2. The molecule has 1 fully saturated rings. The van der Waals surface area contributed by atoms with Crippen molar-refractivity contribution in [3.63, 3.8) is 0 Å². The Bertz CT molecular complexity index is 361. The highest BCUT2D eigenvalue weighted by atomic mass is 35.5. The molecule has 0 N–H and O–H groups in total. The van der Waals surface area contributed by atoms with Gasteiger partial charge in [0.15, 0.2) is 0 Å². The predicted octanol–water partition coefficient (Wildman–Crippen LogP) is 3.65. The van der Waals surface area contributed by atoms with Crippen LogP contribution in [0, 0.1) is 18.7 Å². The molecule has 1 aliphatic rings. The van der Waals surface area contributed by atoms with Crippen molar-refractivity contribution >= 4 is 11.6 Å². The molecular formula is C12H14ClF. The van der Waals surface area contributed by atoms with Crippen LogP contribution in [0.5, 0.6) is 0 Å². The molecule has 76 valence electrons. The summed E-state index contributed by atoms with van der Waals surface area (Å²) in [6.45, 7) is 3.94. The van der Waals surface area contributed by atoms with E-state index in [2.05, 4.69) is 6.92 Å². The van der Waals surface area contributed by atoms with Gasteiger partial charge in [-0.3, -0.25) is 0 Å². The lowest BCUT2D eigenvalue weighted by atomic mass is 9.95. The van der Waals surface area contributed by atoms with Crippen LogP contribution >= 0.6 is 11.6 Å². The monoisotopic (exact) mass is 212 g/mol. The van der Waals surface area contributed by atoms with Crippen molar-refractivity contribution in [1.82, 2.24) is 0 Å². The molecule has 1 aromatic rings. The average Bonchev–Trinajstić information content (AvgIpc) is 2.83. The standard InChI is InChI=1S/C12H14ClF/c1-8-3-4-9(5-11(8)14)12(2)6-10(12)7-13/h3-5,10H,6-7H2,1-2H3. The van der Waals surface area contributed by atoms with Crippen molar-refractivity contribution in [2.75, 3.05) is 5.88 Å². The summed E-state index contributed by atoms with van der Waals surface area (Å²) in [6, 6.07) is 5.52. The van der Waals surface area contributed by atoms with Crippen LogP contribution in [0.15, 0.2) is 18.2 Å². The van der Waals surface area contributed by atoms with Gasteiger partial charge in [0.05, 0.1) is 0 Å². The van der Waals surface area contributed by atoms with Gasteiger partial charge in [0, 0.05) is 5.88 Å². The molecule has 2 unspecified atom stereocenters. The first-order chi connectivity index (χ1) is 6.58. The second-order valence-corrected chi connectivity index (χ2v) is 4.75. The van der Waals surface area contributed by atoms with E-state index in [1.807, 2.05) is 12.1 Å². The molecule has 1 aromatic carbocycles. The maximum Gasteiger partial charge on any atom is 0.126 e. The molecule has 2 heteroatoms. The van der Waals surface area contributed by atoms with E-state index in [9.17, 15) is 4.39 Å². The van der Waals surface area contributed by atoms with Gasteiger partial charge in [0.25, 0.3) is 0 Å². The zero-order chi connectivity index (χ0) is 10.3. The lowest BCUT2D eigenvalue weighted by molar-refractivity contribution is 0.607. The fourth-order valence-corrected chi connectivity index (χ4v) is 2.43. The maximum absolute atomic E-state index is 13.3. The molecule has 0 bridgehead atoms. The number of benzene rings is 1. The quantitative estimate of drug-likeness (QED) is 0.657. The van der Waals surface area contributed by atoms with Gasteiger partial charge in [-0.1, -0.05) is 19.1 Å². The normalized spacial score (nSPS) is 30.4. The minimum absolute atomic E-state index is 0.107. The molecule has 1 saturated carbocycles. The first-order valence-electron chi connectivity index (χ1n) is 4.90. The Kier molecular flexibility index (Phi) is 2.30. The molecule has 0 spiro atoms. The zero-order valence-electron chi connectivity index (χ0n) is 8.48. The highest BCUT2D eigenvalue weighted by Crippen LogP contribution is 2.54. The van der Waals surface area contributed by atoms with Gasteiger partial charge in [-0.05, 0) is 41.9 Å². The van der Waals surface area contributed by atoms with Crippen LogP contribution in [0.2, 0.25) is 0 Å². The van der Waals surface area contributed by atoms with Crippen LogP contribution in [0.1, 0.15) is 24.5 Å². The summed E-state index contributed by atoms with van der Waals surface area (Å²) in [5.41, 5.74) is 1.92. The summed E-state index contributed by atoms with van der Waals surface area (Å²) in [4.78, 5) is 0. The highest BCUT2D eigenvalue weighted by Gasteiger charge is 2.50. The Morgan fingerprint density at radius 2 is 2.29 bits per heavy atom. The predicted molar refractivity (Wildman–Crippen MR) is 57.3 cm³/mol. The lowest BCUT2D eigenvalue weighted by Crippen LogP contribution is -2.06. The minimum Gasteiger partial charge on any atom is -0.207 e. The topological polar surface area (TPSA) is 0 Å². The van der Waals surface area contributed by atoms with Gasteiger partial charge in [-0.15, -0.1) is 11.6 Å². The molecule has 0 nitrogen and oxygen atoms in total. The molecular weight excluding hydrogens is 199 g/mol. The number of hydrogen-bond acceptors (Lipinski definition) is 0. The highest BCUT2D eigenvalue weighted by molar-refractivity contribution is 6.18. The second-order valence-electron chi connectivity index (χ2n) is 4.44. The molecule has 2 atom stereocenters. The summed E-state index contributed by atoms with van der Waals surface area (Å²) in [5.74, 6) is 1.08. The number of halogens is 2. The molecule has 1 aliphatic carbocycles. The zero-order valence-corrected chi connectivity index (χ0v) is 9.24. The van der Waals surface area contributed by atoms with E-state index in [1.165, 1.54) is 0 Å². The third kappa shape index (κ3) is 1.44. The van der Waals surface area contributed by atoms with Crippen molar-refractivity contribution in [1.29, 1.82) is 0 Å².